The number of nitrogens with one attached hydrogen (secondary N) is 1. The van der Waals surface area contributed by atoms with Crippen LogP contribution in [0.4, 0.5) is 5.82 Å². The van der Waals surface area contributed by atoms with Crippen LogP contribution in [0.25, 0.3) is 0 Å². The van der Waals surface area contributed by atoms with Gasteiger partial charge in [0.15, 0.2) is 0 Å². The topological polar surface area (TPSA) is 63.8 Å². The molecule has 1 aliphatic carbocycles. The summed E-state index contributed by atoms with van der Waals surface area (Å²) in [5.74, 6) is 1.95. The van der Waals surface area contributed by atoms with Gasteiger partial charge in [-0.25, -0.2) is 9.97 Å². The molecule has 2 atom stereocenters. The third-order valence-electron chi connectivity index (χ3n) is 3.54. The molecule has 0 spiro atoms. The fourth-order valence-corrected chi connectivity index (χ4v) is 2.34. The number of nitrogens with two attached hydrogens (primary N) is 1. The van der Waals surface area contributed by atoms with Crippen LogP contribution in [-0.4, -0.2) is 22.6 Å². The van der Waals surface area contributed by atoms with Crippen LogP contribution < -0.4 is 11.1 Å². The molecule has 0 bridgehead atoms. The largest absolute Gasteiger partial charge is 0.370 e. The third-order valence-corrected chi connectivity index (χ3v) is 3.54. The number of hydrogen-bond donors (Lipinski definition) is 2. The minimum Gasteiger partial charge on any atom is -0.370 e. The van der Waals surface area contributed by atoms with Crippen LogP contribution in [0.3, 0.4) is 0 Å². The fourth-order valence-electron chi connectivity index (χ4n) is 2.34. The lowest BCUT2D eigenvalue weighted by atomic mass is 10.0. The highest BCUT2D eigenvalue weighted by molar-refractivity contribution is 5.35. The van der Waals surface area contributed by atoms with Gasteiger partial charge in [0, 0.05) is 24.3 Å². The zero-order valence-electron chi connectivity index (χ0n) is 10.7. The first-order chi connectivity index (χ1) is 8.16. The molecule has 4 nitrogen and oxygen atoms in total. The SMILES string of the molecule is CC(C)c1cc(NCC2CCCC2N)ncn1. The molecule has 0 radical (unpaired) electrons. The summed E-state index contributed by atoms with van der Waals surface area (Å²) in [6, 6.07) is 2.39. The lowest BCUT2D eigenvalue weighted by Crippen LogP contribution is -2.29. The molecule has 1 aliphatic rings. The van der Waals surface area contributed by atoms with Gasteiger partial charge in [-0.1, -0.05) is 20.3 Å². The zero-order valence-corrected chi connectivity index (χ0v) is 10.7. The van der Waals surface area contributed by atoms with E-state index in [1.807, 2.05) is 6.07 Å². The molecule has 0 amide bonds. The van der Waals surface area contributed by atoms with Gasteiger partial charge in [-0.05, 0) is 24.7 Å². The zero-order chi connectivity index (χ0) is 12.3. The Bertz CT molecular complexity index is 364. The Kier molecular flexibility index (Phi) is 3.94. The van der Waals surface area contributed by atoms with E-state index >= 15 is 0 Å². The van der Waals surface area contributed by atoms with Crippen LogP contribution in [0.15, 0.2) is 12.4 Å². The maximum absolute atomic E-state index is 6.05. The predicted molar refractivity (Wildman–Crippen MR) is 69.9 cm³/mol. The number of anilines is 1. The van der Waals surface area contributed by atoms with Crippen LogP contribution in [-0.2, 0) is 0 Å². The molecule has 3 N–H and O–H groups in total. The molecular weight excluding hydrogens is 212 g/mol. The summed E-state index contributed by atoms with van der Waals surface area (Å²) in [5.41, 5.74) is 7.13. The Labute approximate surface area is 103 Å². The van der Waals surface area contributed by atoms with Crippen molar-refractivity contribution < 1.29 is 0 Å². The second-order valence-corrected chi connectivity index (χ2v) is 5.22. The van der Waals surface area contributed by atoms with Gasteiger partial charge in [-0.3, -0.25) is 0 Å². The quantitative estimate of drug-likeness (QED) is 0.837. The predicted octanol–water partition coefficient (Wildman–Crippen LogP) is 2.14. The summed E-state index contributed by atoms with van der Waals surface area (Å²) in [7, 11) is 0. The second kappa shape index (κ2) is 5.45. The maximum Gasteiger partial charge on any atom is 0.129 e. The monoisotopic (exact) mass is 234 g/mol. The van der Waals surface area contributed by atoms with Gasteiger partial charge in [0.05, 0.1) is 0 Å². The normalized spacial score (nSPS) is 24.2. The van der Waals surface area contributed by atoms with Gasteiger partial charge in [0.25, 0.3) is 0 Å². The highest BCUT2D eigenvalue weighted by atomic mass is 15.0. The first kappa shape index (κ1) is 12.3. The summed E-state index contributed by atoms with van der Waals surface area (Å²) in [6.07, 6.45) is 5.28. The summed E-state index contributed by atoms with van der Waals surface area (Å²) < 4.78 is 0. The minimum absolute atomic E-state index is 0.355. The molecule has 1 saturated carbocycles. The fraction of sp³-hybridized carbons (Fsp3) is 0.692. The van der Waals surface area contributed by atoms with E-state index in [1.54, 1.807) is 6.33 Å². The van der Waals surface area contributed by atoms with Gasteiger partial charge < -0.3 is 11.1 Å². The average Bonchev–Trinajstić information content (AvgIpc) is 2.72. The number of rotatable bonds is 4. The van der Waals surface area contributed by atoms with E-state index in [1.165, 1.54) is 12.8 Å². The lowest BCUT2D eigenvalue weighted by Gasteiger charge is -2.16. The van der Waals surface area contributed by atoms with E-state index in [0.29, 0.717) is 17.9 Å². The summed E-state index contributed by atoms with van der Waals surface area (Å²) in [5, 5.41) is 3.38. The van der Waals surface area contributed by atoms with Gasteiger partial charge in [-0.2, -0.15) is 0 Å². The molecule has 0 aromatic carbocycles. The summed E-state index contributed by atoms with van der Waals surface area (Å²) in [6.45, 7) is 5.20. The molecule has 2 rings (SSSR count). The third kappa shape index (κ3) is 3.16. The molecule has 1 aromatic heterocycles. The van der Waals surface area contributed by atoms with Crippen molar-refractivity contribution in [1.82, 2.24) is 9.97 Å². The first-order valence-electron chi connectivity index (χ1n) is 6.48. The van der Waals surface area contributed by atoms with Crippen molar-refractivity contribution in [3.8, 4) is 0 Å². The van der Waals surface area contributed by atoms with Crippen molar-refractivity contribution in [3.05, 3.63) is 18.1 Å². The van der Waals surface area contributed by atoms with Crippen molar-refractivity contribution in [3.63, 3.8) is 0 Å². The van der Waals surface area contributed by atoms with E-state index in [2.05, 4.69) is 29.1 Å². The lowest BCUT2D eigenvalue weighted by molar-refractivity contribution is 0.504. The van der Waals surface area contributed by atoms with Crippen molar-refractivity contribution in [2.24, 2.45) is 11.7 Å². The summed E-state index contributed by atoms with van der Waals surface area (Å²) in [4.78, 5) is 8.50. The number of aromatic nitrogens is 2. The highest BCUT2D eigenvalue weighted by Gasteiger charge is 2.23. The Morgan fingerprint density at radius 1 is 1.41 bits per heavy atom. The molecule has 0 saturated heterocycles. The molecule has 4 heteroatoms. The van der Waals surface area contributed by atoms with Crippen molar-refractivity contribution in [2.45, 2.75) is 45.1 Å². The molecular formula is C13H22N4. The van der Waals surface area contributed by atoms with E-state index in [0.717, 1.165) is 24.5 Å². The van der Waals surface area contributed by atoms with Crippen LogP contribution in [0.2, 0.25) is 0 Å². The number of nitrogens with zero attached hydrogens (tertiary/aromatic N) is 2. The van der Waals surface area contributed by atoms with Gasteiger partial charge in [0.1, 0.15) is 12.1 Å². The van der Waals surface area contributed by atoms with Crippen molar-refractivity contribution in [2.75, 3.05) is 11.9 Å². The molecule has 94 valence electrons. The second-order valence-electron chi connectivity index (χ2n) is 5.22. The average molecular weight is 234 g/mol. The summed E-state index contributed by atoms with van der Waals surface area (Å²) >= 11 is 0. The highest BCUT2D eigenvalue weighted by Crippen LogP contribution is 2.24. The van der Waals surface area contributed by atoms with E-state index in [4.69, 9.17) is 5.73 Å². The van der Waals surface area contributed by atoms with Gasteiger partial charge in [0.2, 0.25) is 0 Å². The van der Waals surface area contributed by atoms with Crippen LogP contribution >= 0.6 is 0 Å². The standard InChI is InChI=1S/C13H22N4/c1-9(2)12-6-13(17-8-16-12)15-7-10-4-3-5-11(10)14/h6,8-11H,3-5,7,14H2,1-2H3,(H,15,16,17). The van der Waals surface area contributed by atoms with Crippen molar-refractivity contribution in [1.29, 1.82) is 0 Å². The Morgan fingerprint density at radius 3 is 2.88 bits per heavy atom. The minimum atomic E-state index is 0.355. The molecule has 1 heterocycles. The van der Waals surface area contributed by atoms with Crippen LogP contribution in [0.5, 0.6) is 0 Å². The van der Waals surface area contributed by atoms with Crippen molar-refractivity contribution >= 4 is 5.82 Å². The molecule has 2 unspecified atom stereocenters. The Morgan fingerprint density at radius 2 is 2.24 bits per heavy atom. The van der Waals surface area contributed by atoms with Crippen LogP contribution in [0, 0.1) is 5.92 Å². The van der Waals surface area contributed by atoms with Gasteiger partial charge in [-0.15, -0.1) is 0 Å². The van der Waals surface area contributed by atoms with E-state index < -0.39 is 0 Å². The van der Waals surface area contributed by atoms with Crippen LogP contribution in [0.1, 0.15) is 44.7 Å². The molecule has 1 aromatic rings. The smallest absolute Gasteiger partial charge is 0.129 e. The first-order valence-corrected chi connectivity index (χ1v) is 6.48. The van der Waals surface area contributed by atoms with E-state index in [9.17, 15) is 0 Å². The van der Waals surface area contributed by atoms with E-state index in [-0.39, 0.29) is 0 Å². The maximum atomic E-state index is 6.05. The number of hydrogen-bond acceptors (Lipinski definition) is 4. The Balaban J connectivity index is 1.92. The molecule has 0 aliphatic heterocycles. The Hall–Kier alpha value is -1.16. The van der Waals surface area contributed by atoms with Gasteiger partial charge >= 0.3 is 0 Å². The molecule has 1 fully saturated rings. The molecule has 17 heavy (non-hydrogen) atoms.